The van der Waals surface area contributed by atoms with Crippen molar-refractivity contribution in [1.29, 1.82) is 0 Å². The van der Waals surface area contributed by atoms with Crippen LogP contribution in [0.3, 0.4) is 0 Å². The number of hydrogen-bond acceptors (Lipinski definition) is 8. The van der Waals surface area contributed by atoms with E-state index in [4.69, 9.17) is 0 Å². The molecule has 3 N–H and O–H groups in total. The van der Waals surface area contributed by atoms with Crippen molar-refractivity contribution in [2.75, 3.05) is 42.3 Å². The van der Waals surface area contributed by atoms with Crippen molar-refractivity contribution < 1.29 is 10.2 Å². The van der Waals surface area contributed by atoms with Crippen LogP contribution in [0.2, 0.25) is 0 Å². The van der Waals surface area contributed by atoms with Gasteiger partial charge in [-0.25, -0.2) is 15.0 Å². The Labute approximate surface area is 169 Å². The van der Waals surface area contributed by atoms with Crippen LogP contribution in [0.4, 0.5) is 17.5 Å². The highest BCUT2D eigenvalue weighted by Crippen LogP contribution is 2.27. The number of nitrogens with zero attached hydrogens (tertiary/aromatic N) is 5. The van der Waals surface area contributed by atoms with Gasteiger partial charge in [0.15, 0.2) is 0 Å². The second-order valence-electron chi connectivity index (χ2n) is 7.55. The van der Waals surface area contributed by atoms with Gasteiger partial charge in [-0.1, -0.05) is 18.2 Å². The molecule has 3 heterocycles. The molecule has 1 aliphatic rings. The van der Waals surface area contributed by atoms with E-state index < -0.39 is 6.10 Å². The molecule has 3 aromatic rings. The summed E-state index contributed by atoms with van der Waals surface area (Å²) in [6, 6.07) is 11.8. The van der Waals surface area contributed by atoms with Gasteiger partial charge in [0.2, 0.25) is 0 Å². The Bertz CT molecular complexity index is 996. The summed E-state index contributed by atoms with van der Waals surface area (Å²) in [6.45, 7) is 1.01. The van der Waals surface area contributed by atoms with E-state index in [-0.39, 0.29) is 12.6 Å². The molecule has 1 aliphatic heterocycles. The molecule has 152 valence electrons. The Kier molecular flexibility index (Phi) is 5.46. The number of aliphatic hydroxyl groups excluding tert-OH is 2. The van der Waals surface area contributed by atoms with Crippen molar-refractivity contribution in [2.24, 2.45) is 0 Å². The zero-order valence-corrected chi connectivity index (χ0v) is 16.7. The van der Waals surface area contributed by atoms with Gasteiger partial charge in [-0.15, -0.1) is 0 Å². The number of fused-ring (bicyclic) bond motifs is 1. The van der Waals surface area contributed by atoms with Gasteiger partial charge >= 0.3 is 0 Å². The van der Waals surface area contributed by atoms with E-state index in [1.807, 2.05) is 55.4 Å². The highest BCUT2D eigenvalue weighted by atomic mass is 16.3. The van der Waals surface area contributed by atoms with Gasteiger partial charge in [0.05, 0.1) is 24.3 Å². The molecule has 1 fully saturated rings. The zero-order valence-electron chi connectivity index (χ0n) is 16.7. The minimum atomic E-state index is -0.415. The third-order valence-corrected chi connectivity index (χ3v) is 5.26. The fourth-order valence-corrected chi connectivity index (χ4v) is 3.75. The fraction of sp³-hybridized carbons (Fsp3) is 0.381. The van der Waals surface area contributed by atoms with Crippen molar-refractivity contribution in [1.82, 2.24) is 15.0 Å². The fourth-order valence-electron chi connectivity index (χ4n) is 3.75. The third kappa shape index (κ3) is 4.08. The molecule has 1 aromatic carbocycles. The molecule has 0 bridgehead atoms. The predicted molar refractivity (Wildman–Crippen MR) is 114 cm³/mol. The third-order valence-electron chi connectivity index (χ3n) is 5.26. The summed E-state index contributed by atoms with van der Waals surface area (Å²) in [7, 11) is 3.87. The van der Waals surface area contributed by atoms with E-state index >= 15 is 0 Å². The normalized spacial score (nSPS) is 19.0. The Morgan fingerprint density at radius 3 is 2.83 bits per heavy atom. The smallest absolute Gasteiger partial charge is 0.134 e. The highest BCUT2D eigenvalue weighted by molar-refractivity contribution is 5.81. The summed E-state index contributed by atoms with van der Waals surface area (Å²) in [5, 5.41) is 24.4. The molecule has 0 amide bonds. The largest absolute Gasteiger partial charge is 0.392 e. The first kappa shape index (κ1) is 19.4. The maximum Gasteiger partial charge on any atom is 0.134 e. The molecule has 0 spiro atoms. The summed E-state index contributed by atoms with van der Waals surface area (Å²) in [4.78, 5) is 17.4. The molecule has 4 rings (SSSR count). The van der Waals surface area contributed by atoms with E-state index in [1.54, 1.807) is 6.33 Å². The predicted octanol–water partition coefficient (Wildman–Crippen LogP) is 1.63. The summed E-state index contributed by atoms with van der Waals surface area (Å²) in [5.74, 6) is 2.28. The molecule has 0 unspecified atom stereocenters. The number of aromatic nitrogens is 3. The first-order chi connectivity index (χ1) is 14.0. The molecular formula is C21H26N6O2. The average Bonchev–Trinajstić information content (AvgIpc) is 3.12. The Balaban J connectivity index is 1.55. The highest BCUT2D eigenvalue weighted by Gasteiger charge is 2.32. The van der Waals surface area contributed by atoms with E-state index in [0.717, 1.165) is 28.1 Å². The van der Waals surface area contributed by atoms with Gasteiger partial charge in [-0.2, -0.15) is 0 Å². The lowest BCUT2D eigenvalue weighted by Gasteiger charge is -2.26. The number of β-amino-alcohol motifs (C(OH)–C–C–N with tert-alkyl or cyclic N) is 1. The average molecular weight is 394 g/mol. The molecule has 0 saturated carbocycles. The van der Waals surface area contributed by atoms with Crippen molar-refractivity contribution in [3.05, 3.63) is 48.3 Å². The van der Waals surface area contributed by atoms with Gasteiger partial charge in [-0.3, -0.25) is 0 Å². The van der Waals surface area contributed by atoms with Crippen molar-refractivity contribution in [3.8, 4) is 0 Å². The minimum absolute atomic E-state index is 0.0507. The van der Waals surface area contributed by atoms with Crippen molar-refractivity contribution in [2.45, 2.75) is 25.2 Å². The molecule has 2 aromatic heterocycles. The van der Waals surface area contributed by atoms with E-state index in [1.165, 1.54) is 0 Å². The van der Waals surface area contributed by atoms with E-state index in [9.17, 15) is 10.2 Å². The van der Waals surface area contributed by atoms with Crippen LogP contribution in [0.15, 0.2) is 42.7 Å². The maximum absolute atomic E-state index is 10.3. The second-order valence-corrected chi connectivity index (χ2v) is 7.55. The molecular weight excluding hydrogens is 368 g/mol. The van der Waals surface area contributed by atoms with Crippen LogP contribution in [-0.2, 0) is 6.61 Å². The number of pyridine rings is 1. The number of aliphatic hydroxyl groups is 2. The van der Waals surface area contributed by atoms with Gasteiger partial charge in [0.25, 0.3) is 0 Å². The number of para-hydroxylation sites is 1. The topological polar surface area (TPSA) is 97.6 Å². The lowest BCUT2D eigenvalue weighted by Crippen LogP contribution is -2.36. The number of hydrogen-bond donors (Lipinski definition) is 3. The van der Waals surface area contributed by atoms with Crippen LogP contribution in [-0.4, -0.2) is 64.5 Å². The lowest BCUT2D eigenvalue weighted by molar-refractivity contribution is 0.194. The number of nitrogens with one attached hydrogen (secondary N) is 1. The standard InChI is InChI=1S/C21H26N6O2/c1-26(2)19-9-20(24-13-23-19)27-11-17(29)8-16(27)10-22-21-15(12-28)7-14-5-3-4-6-18(14)25-21/h3-7,9,13,16-17,28-29H,8,10-12H2,1-2H3,(H,22,25)/t16-,17-/m1/s1. The molecule has 8 nitrogen and oxygen atoms in total. The quantitative estimate of drug-likeness (QED) is 0.580. The summed E-state index contributed by atoms with van der Waals surface area (Å²) in [5.41, 5.74) is 1.63. The zero-order chi connectivity index (χ0) is 20.4. The van der Waals surface area contributed by atoms with Crippen molar-refractivity contribution >= 4 is 28.4 Å². The summed E-state index contributed by atoms with van der Waals surface area (Å²) in [6.07, 6.45) is 1.77. The van der Waals surface area contributed by atoms with Crippen LogP contribution in [0.25, 0.3) is 10.9 Å². The SMILES string of the molecule is CN(C)c1cc(N2C[C@H](O)C[C@@H]2CNc2nc3ccccc3cc2CO)ncn1. The Morgan fingerprint density at radius 1 is 1.21 bits per heavy atom. The molecule has 0 aliphatic carbocycles. The second kappa shape index (κ2) is 8.18. The summed E-state index contributed by atoms with van der Waals surface area (Å²) < 4.78 is 0. The molecule has 2 atom stereocenters. The monoisotopic (exact) mass is 394 g/mol. The molecule has 0 radical (unpaired) electrons. The Hall–Kier alpha value is -2.97. The van der Waals surface area contributed by atoms with E-state index in [0.29, 0.717) is 25.3 Å². The number of rotatable bonds is 6. The van der Waals surface area contributed by atoms with Crippen LogP contribution in [0.1, 0.15) is 12.0 Å². The number of benzene rings is 1. The van der Waals surface area contributed by atoms with Crippen LogP contribution in [0, 0.1) is 0 Å². The molecule has 1 saturated heterocycles. The Morgan fingerprint density at radius 2 is 2.03 bits per heavy atom. The van der Waals surface area contributed by atoms with Crippen LogP contribution < -0.4 is 15.1 Å². The van der Waals surface area contributed by atoms with Gasteiger partial charge in [0, 0.05) is 44.2 Å². The lowest BCUT2D eigenvalue weighted by atomic mass is 10.1. The van der Waals surface area contributed by atoms with Gasteiger partial charge in [0.1, 0.15) is 23.8 Å². The van der Waals surface area contributed by atoms with Crippen LogP contribution in [0.5, 0.6) is 0 Å². The minimum Gasteiger partial charge on any atom is -0.392 e. The first-order valence-electron chi connectivity index (χ1n) is 9.72. The van der Waals surface area contributed by atoms with Gasteiger partial charge in [-0.05, 0) is 18.6 Å². The van der Waals surface area contributed by atoms with Crippen LogP contribution >= 0.6 is 0 Å². The van der Waals surface area contributed by atoms with E-state index in [2.05, 4.69) is 25.2 Å². The van der Waals surface area contributed by atoms with Crippen molar-refractivity contribution in [3.63, 3.8) is 0 Å². The first-order valence-corrected chi connectivity index (χ1v) is 9.72. The molecule has 29 heavy (non-hydrogen) atoms. The number of anilines is 3. The van der Waals surface area contributed by atoms with Gasteiger partial charge < -0.3 is 25.3 Å². The summed E-state index contributed by atoms with van der Waals surface area (Å²) >= 11 is 0. The molecule has 8 heteroatoms. The maximum atomic E-state index is 10.3.